The monoisotopic (exact) mass is 498 g/mol. The lowest BCUT2D eigenvalue weighted by Crippen LogP contribution is -2.34. The molecule has 0 fully saturated rings. The summed E-state index contributed by atoms with van der Waals surface area (Å²) < 4.78 is 42.8. The van der Waals surface area contributed by atoms with Crippen molar-refractivity contribution in [1.29, 1.82) is 0 Å². The summed E-state index contributed by atoms with van der Waals surface area (Å²) in [5.74, 6) is 0. The van der Waals surface area contributed by atoms with E-state index in [9.17, 15) is 13.2 Å². The first-order valence-corrected chi connectivity index (χ1v) is 12.6. The van der Waals surface area contributed by atoms with Crippen LogP contribution in [-0.2, 0) is 12.0 Å². The minimum absolute atomic E-state index is 0.0568. The number of fused-ring (bicyclic) bond motifs is 3. The Balaban J connectivity index is 1.55. The van der Waals surface area contributed by atoms with Gasteiger partial charge in [-0.1, -0.05) is 62.4 Å². The maximum Gasteiger partial charge on any atom is 0.394 e. The van der Waals surface area contributed by atoms with Crippen LogP contribution in [-0.4, -0.2) is 15.7 Å². The maximum absolute atomic E-state index is 13.5. The van der Waals surface area contributed by atoms with Crippen LogP contribution in [0.15, 0.2) is 72.9 Å². The third-order valence-electron chi connectivity index (χ3n) is 8.13. The summed E-state index contributed by atoms with van der Waals surface area (Å²) in [6, 6.07) is 22.6. The van der Waals surface area contributed by atoms with Crippen molar-refractivity contribution in [3.8, 4) is 22.5 Å². The number of aromatic nitrogens is 2. The standard InChI is InChI=1S/C32H29F3N2/c1-19-24-14-15-36-27-25-16-22-8-6-7-9-23(22)17-26(25)31(4,5)37(29(24)27)28(19)21-12-10-20(11-13-21)18-30(2,3)32(33,34)35/h6-17H,18H2,1-5H3. The molecular formula is C32H29F3N2. The molecule has 5 aromatic rings. The summed E-state index contributed by atoms with van der Waals surface area (Å²) in [6.45, 7) is 9.11. The van der Waals surface area contributed by atoms with Gasteiger partial charge in [0, 0.05) is 17.1 Å². The van der Waals surface area contributed by atoms with Gasteiger partial charge in [0.2, 0.25) is 0 Å². The van der Waals surface area contributed by atoms with Gasteiger partial charge < -0.3 is 4.57 Å². The van der Waals surface area contributed by atoms with E-state index < -0.39 is 11.6 Å². The highest BCUT2D eigenvalue weighted by Gasteiger charge is 2.47. The van der Waals surface area contributed by atoms with Crippen molar-refractivity contribution >= 4 is 21.7 Å². The fourth-order valence-corrected chi connectivity index (χ4v) is 5.95. The predicted molar refractivity (Wildman–Crippen MR) is 145 cm³/mol. The Morgan fingerprint density at radius 1 is 0.892 bits per heavy atom. The second kappa shape index (κ2) is 7.70. The fourth-order valence-electron chi connectivity index (χ4n) is 5.95. The second-order valence-electron chi connectivity index (χ2n) is 11.4. The second-order valence-corrected chi connectivity index (χ2v) is 11.4. The normalized spacial score (nSPS) is 14.8. The average molecular weight is 499 g/mol. The smallest absolute Gasteiger partial charge is 0.329 e. The number of rotatable bonds is 3. The van der Waals surface area contributed by atoms with E-state index in [0.29, 0.717) is 5.56 Å². The number of hydrogen-bond donors (Lipinski definition) is 0. The van der Waals surface area contributed by atoms with E-state index in [4.69, 9.17) is 4.98 Å². The predicted octanol–water partition coefficient (Wildman–Crippen LogP) is 9.06. The molecule has 0 aliphatic carbocycles. The van der Waals surface area contributed by atoms with E-state index in [1.807, 2.05) is 30.5 Å². The highest BCUT2D eigenvalue weighted by atomic mass is 19.4. The summed E-state index contributed by atoms with van der Waals surface area (Å²) >= 11 is 0. The summed E-state index contributed by atoms with van der Waals surface area (Å²) in [6.07, 6.45) is -2.44. The van der Waals surface area contributed by atoms with Gasteiger partial charge in [0.05, 0.1) is 27.9 Å². The highest BCUT2D eigenvalue weighted by Crippen LogP contribution is 2.50. The van der Waals surface area contributed by atoms with Crippen LogP contribution in [0.25, 0.3) is 44.2 Å². The number of nitrogens with zero attached hydrogens (tertiary/aromatic N) is 2. The van der Waals surface area contributed by atoms with E-state index in [1.165, 1.54) is 30.2 Å². The molecule has 0 atom stereocenters. The third-order valence-corrected chi connectivity index (χ3v) is 8.13. The van der Waals surface area contributed by atoms with Gasteiger partial charge >= 0.3 is 6.18 Å². The molecule has 2 aromatic heterocycles. The number of benzene rings is 3. The Hall–Kier alpha value is -3.60. The lowest BCUT2D eigenvalue weighted by Gasteiger charge is -2.37. The van der Waals surface area contributed by atoms with Crippen molar-refractivity contribution in [2.75, 3.05) is 0 Å². The van der Waals surface area contributed by atoms with Gasteiger partial charge in [-0.3, -0.25) is 4.98 Å². The van der Waals surface area contributed by atoms with Gasteiger partial charge in [0.15, 0.2) is 0 Å². The highest BCUT2D eigenvalue weighted by molar-refractivity contribution is 6.03. The van der Waals surface area contributed by atoms with Crippen molar-refractivity contribution in [1.82, 2.24) is 9.55 Å². The number of aryl methyl sites for hydroxylation is 1. The van der Waals surface area contributed by atoms with E-state index in [-0.39, 0.29) is 12.0 Å². The minimum Gasteiger partial charge on any atom is -0.329 e. The zero-order valence-corrected chi connectivity index (χ0v) is 21.7. The molecule has 0 unspecified atom stereocenters. The lowest BCUT2D eigenvalue weighted by atomic mass is 9.83. The van der Waals surface area contributed by atoms with E-state index in [2.05, 4.69) is 67.8 Å². The first-order valence-electron chi connectivity index (χ1n) is 12.6. The van der Waals surface area contributed by atoms with Gasteiger partial charge in [-0.25, -0.2) is 0 Å². The van der Waals surface area contributed by atoms with Crippen LogP contribution in [0.2, 0.25) is 0 Å². The molecule has 0 N–H and O–H groups in total. The van der Waals surface area contributed by atoms with E-state index in [0.717, 1.165) is 39.0 Å². The number of halogens is 3. The first kappa shape index (κ1) is 23.8. The van der Waals surface area contributed by atoms with Crippen LogP contribution >= 0.6 is 0 Å². The molecule has 188 valence electrons. The zero-order valence-electron chi connectivity index (χ0n) is 21.7. The van der Waals surface area contributed by atoms with Gasteiger partial charge in [-0.05, 0) is 78.4 Å². The van der Waals surface area contributed by atoms with E-state index in [1.54, 1.807) is 0 Å². The molecule has 1 aliphatic heterocycles. The molecule has 37 heavy (non-hydrogen) atoms. The van der Waals surface area contributed by atoms with Crippen LogP contribution in [0, 0.1) is 12.3 Å². The Kier molecular flexibility index (Phi) is 4.95. The van der Waals surface area contributed by atoms with E-state index >= 15 is 0 Å². The van der Waals surface area contributed by atoms with Gasteiger partial charge in [-0.2, -0.15) is 13.2 Å². The molecule has 0 saturated carbocycles. The first-order chi connectivity index (χ1) is 17.4. The topological polar surface area (TPSA) is 17.8 Å². The summed E-state index contributed by atoms with van der Waals surface area (Å²) in [5.41, 5.74) is 6.17. The molecule has 0 bridgehead atoms. The molecule has 3 aromatic carbocycles. The third kappa shape index (κ3) is 3.43. The van der Waals surface area contributed by atoms with Gasteiger partial charge in [0.1, 0.15) is 0 Å². The SMILES string of the molecule is Cc1c(-c2ccc(CC(C)(C)C(F)(F)F)cc2)n2c3c(nccc13)-c1cc3ccccc3cc1C2(C)C. The molecule has 0 spiro atoms. The minimum atomic E-state index is -4.25. The Morgan fingerprint density at radius 3 is 2.19 bits per heavy atom. The quantitative estimate of drug-likeness (QED) is 0.243. The number of pyridine rings is 1. The van der Waals surface area contributed by atoms with Crippen LogP contribution in [0.5, 0.6) is 0 Å². The van der Waals surface area contributed by atoms with Gasteiger partial charge in [-0.15, -0.1) is 0 Å². The molecule has 6 rings (SSSR count). The van der Waals surface area contributed by atoms with Crippen molar-refractivity contribution in [2.45, 2.75) is 52.8 Å². The Bertz CT molecular complexity index is 1690. The molecule has 3 heterocycles. The molecule has 0 radical (unpaired) electrons. The molecular weight excluding hydrogens is 469 g/mol. The summed E-state index contributed by atoms with van der Waals surface area (Å²) in [4.78, 5) is 4.85. The van der Waals surface area contributed by atoms with Crippen molar-refractivity contribution in [3.05, 3.63) is 89.6 Å². The van der Waals surface area contributed by atoms with Crippen molar-refractivity contribution < 1.29 is 13.2 Å². The zero-order chi connectivity index (χ0) is 26.3. The van der Waals surface area contributed by atoms with Crippen molar-refractivity contribution in [3.63, 3.8) is 0 Å². The van der Waals surface area contributed by atoms with Gasteiger partial charge in [0.25, 0.3) is 0 Å². The molecule has 0 saturated heterocycles. The largest absolute Gasteiger partial charge is 0.394 e. The Morgan fingerprint density at radius 2 is 1.54 bits per heavy atom. The number of hydrogen-bond acceptors (Lipinski definition) is 1. The maximum atomic E-state index is 13.5. The molecule has 2 nitrogen and oxygen atoms in total. The van der Waals surface area contributed by atoms with Crippen LogP contribution < -0.4 is 0 Å². The molecule has 0 amide bonds. The Labute approximate surface area is 214 Å². The van der Waals surface area contributed by atoms with Crippen LogP contribution in [0.3, 0.4) is 0 Å². The van der Waals surface area contributed by atoms with Crippen molar-refractivity contribution in [2.24, 2.45) is 5.41 Å². The van der Waals surface area contributed by atoms with Crippen LogP contribution in [0.1, 0.15) is 44.4 Å². The van der Waals surface area contributed by atoms with Crippen LogP contribution in [0.4, 0.5) is 13.2 Å². The average Bonchev–Trinajstić information content (AvgIpc) is 3.15. The number of alkyl halides is 3. The summed E-state index contributed by atoms with van der Waals surface area (Å²) in [5, 5.41) is 3.52. The fraction of sp³-hybridized carbons (Fsp3) is 0.281. The lowest BCUT2D eigenvalue weighted by molar-refractivity contribution is -0.211. The molecule has 5 heteroatoms. The molecule has 1 aliphatic rings. The summed E-state index contributed by atoms with van der Waals surface area (Å²) in [7, 11) is 0.